The zero-order chi connectivity index (χ0) is 14.1. The van der Waals surface area contributed by atoms with E-state index in [0.29, 0.717) is 11.4 Å². The third-order valence-electron chi connectivity index (χ3n) is 4.51. The lowest BCUT2D eigenvalue weighted by Gasteiger charge is -2.23. The fraction of sp³-hybridized carbons (Fsp3) is 0.562. The summed E-state index contributed by atoms with van der Waals surface area (Å²) in [6.07, 6.45) is 6.89. The summed E-state index contributed by atoms with van der Waals surface area (Å²) in [5, 5.41) is 14.0. The fourth-order valence-electron chi connectivity index (χ4n) is 3.37. The molecule has 0 radical (unpaired) electrons. The van der Waals surface area contributed by atoms with Gasteiger partial charge in [0.15, 0.2) is 0 Å². The maximum atomic E-state index is 11.4. The van der Waals surface area contributed by atoms with E-state index in [0.717, 1.165) is 29.7 Å². The molecular weight excluding hydrogens is 274 g/mol. The maximum Gasteiger partial charge on any atom is 0.228 e. The highest BCUT2D eigenvalue weighted by Crippen LogP contribution is 2.39. The Balaban J connectivity index is 1.86. The third kappa shape index (κ3) is 2.70. The van der Waals surface area contributed by atoms with Gasteiger partial charge in [-0.2, -0.15) is 0 Å². The minimum absolute atomic E-state index is 0.00262. The Morgan fingerprint density at radius 1 is 1.20 bits per heavy atom. The summed E-state index contributed by atoms with van der Waals surface area (Å²) in [6, 6.07) is 3.68. The van der Waals surface area contributed by atoms with Crippen molar-refractivity contribution >= 4 is 23.2 Å². The lowest BCUT2D eigenvalue weighted by atomic mass is 9.88. The van der Waals surface area contributed by atoms with E-state index in [1.54, 1.807) is 6.07 Å². The second kappa shape index (κ2) is 5.74. The first-order valence-corrected chi connectivity index (χ1v) is 7.83. The number of aliphatic hydroxyl groups is 1. The van der Waals surface area contributed by atoms with Gasteiger partial charge < -0.3 is 10.4 Å². The molecule has 0 aromatic heterocycles. The zero-order valence-corrected chi connectivity index (χ0v) is 12.2. The maximum absolute atomic E-state index is 11.4. The molecule has 1 aliphatic carbocycles. The van der Waals surface area contributed by atoms with Crippen LogP contribution >= 0.6 is 11.6 Å². The normalized spacial score (nSPS) is 21.2. The number of rotatable bonds is 2. The Bertz CT molecular complexity index is 521. The fourth-order valence-corrected chi connectivity index (χ4v) is 3.65. The van der Waals surface area contributed by atoms with Gasteiger partial charge in [-0.3, -0.25) is 4.79 Å². The van der Waals surface area contributed by atoms with Gasteiger partial charge in [0.05, 0.1) is 12.5 Å². The average Bonchev–Trinajstić information content (AvgIpc) is 2.64. The molecule has 2 N–H and O–H groups in total. The van der Waals surface area contributed by atoms with Gasteiger partial charge >= 0.3 is 0 Å². The molecule has 3 rings (SSSR count). The van der Waals surface area contributed by atoms with E-state index in [1.165, 1.54) is 25.7 Å². The van der Waals surface area contributed by atoms with Crippen molar-refractivity contribution in [2.45, 2.75) is 51.0 Å². The van der Waals surface area contributed by atoms with Crippen LogP contribution in [0.4, 0.5) is 5.69 Å². The minimum Gasteiger partial charge on any atom is -0.388 e. The van der Waals surface area contributed by atoms with Crippen LogP contribution < -0.4 is 5.32 Å². The van der Waals surface area contributed by atoms with Crippen molar-refractivity contribution in [3.63, 3.8) is 0 Å². The minimum atomic E-state index is -0.512. The van der Waals surface area contributed by atoms with Crippen LogP contribution in [0.5, 0.6) is 0 Å². The molecule has 108 valence electrons. The summed E-state index contributed by atoms with van der Waals surface area (Å²) in [6.45, 7) is 0. The molecule has 1 fully saturated rings. The lowest BCUT2D eigenvalue weighted by molar-refractivity contribution is -0.115. The monoisotopic (exact) mass is 293 g/mol. The Labute approximate surface area is 124 Å². The van der Waals surface area contributed by atoms with E-state index in [9.17, 15) is 9.90 Å². The van der Waals surface area contributed by atoms with Crippen LogP contribution in [0, 0.1) is 5.92 Å². The van der Waals surface area contributed by atoms with Gasteiger partial charge in [-0.05, 0) is 42.0 Å². The number of nitrogens with one attached hydrogen (secondary N) is 1. The van der Waals surface area contributed by atoms with Crippen LogP contribution in [0.25, 0.3) is 0 Å². The van der Waals surface area contributed by atoms with Crippen LogP contribution in [-0.4, -0.2) is 11.0 Å². The Morgan fingerprint density at radius 2 is 1.90 bits per heavy atom. The van der Waals surface area contributed by atoms with Crippen LogP contribution in [0.15, 0.2) is 12.1 Å². The molecule has 4 heteroatoms. The summed E-state index contributed by atoms with van der Waals surface area (Å²) in [4.78, 5) is 11.4. The molecule has 1 aromatic carbocycles. The molecule has 0 bridgehead atoms. The number of fused-ring (bicyclic) bond motifs is 1. The number of carbonyl (C=O) groups is 1. The summed E-state index contributed by atoms with van der Waals surface area (Å²) in [7, 11) is 0. The van der Waals surface area contributed by atoms with E-state index in [2.05, 4.69) is 5.32 Å². The van der Waals surface area contributed by atoms with Crippen LogP contribution in [0.1, 0.15) is 55.8 Å². The Morgan fingerprint density at radius 3 is 2.60 bits per heavy atom. The zero-order valence-electron chi connectivity index (χ0n) is 11.5. The predicted molar refractivity (Wildman–Crippen MR) is 79.9 cm³/mol. The predicted octanol–water partition coefficient (Wildman–Crippen LogP) is 3.84. The Hall–Kier alpha value is -1.06. The lowest BCUT2D eigenvalue weighted by Crippen LogP contribution is -2.12. The van der Waals surface area contributed by atoms with Crippen molar-refractivity contribution in [1.82, 2.24) is 0 Å². The highest BCUT2D eigenvalue weighted by Gasteiger charge is 2.27. The Kier molecular flexibility index (Phi) is 3.99. The van der Waals surface area contributed by atoms with Crippen LogP contribution in [-0.2, 0) is 11.2 Å². The van der Waals surface area contributed by atoms with E-state index >= 15 is 0 Å². The van der Waals surface area contributed by atoms with E-state index in [-0.39, 0.29) is 11.8 Å². The number of amides is 1. The molecule has 0 spiro atoms. The molecule has 3 nitrogen and oxygen atoms in total. The van der Waals surface area contributed by atoms with E-state index < -0.39 is 6.10 Å². The van der Waals surface area contributed by atoms with E-state index in [1.807, 2.05) is 6.07 Å². The number of hydrogen-bond acceptors (Lipinski definition) is 2. The highest BCUT2D eigenvalue weighted by atomic mass is 35.5. The molecule has 2 aliphatic rings. The van der Waals surface area contributed by atoms with E-state index in [4.69, 9.17) is 11.6 Å². The SMILES string of the molecule is O=C1Cc2cc(C(O)C3CCCCCC3)c(Cl)cc2N1. The van der Waals surface area contributed by atoms with Crippen molar-refractivity contribution < 1.29 is 9.90 Å². The largest absolute Gasteiger partial charge is 0.388 e. The molecule has 1 aliphatic heterocycles. The number of hydrogen-bond donors (Lipinski definition) is 2. The number of halogens is 1. The standard InChI is InChI=1S/C16H20ClNO2/c17-13-9-14-11(8-15(19)18-14)7-12(13)16(20)10-5-3-1-2-4-6-10/h7,9-10,16,20H,1-6,8H2,(H,18,19). The second-order valence-electron chi connectivity index (χ2n) is 5.95. The summed E-state index contributed by atoms with van der Waals surface area (Å²) in [5.41, 5.74) is 2.52. The molecule has 0 saturated heterocycles. The summed E-state index contributed by atoms with van der Waals surface area (Å²) >= 11 is 6.30. The molecule has 1 unspecified atom stereocenters. The molecule has 20 heavy (non-hydrogen) atoms. The van der Waals surface area contributed by atoms with Crippen molar-refractivity contribution in [2.24, 2.45) is 5.92 Å². The van der Waals surface area contributed by atoms with Crippen molar-refractivity contribution in [1.29, 1.82) is 0 Å². The number of benzene rings is 1. The number of carbonyl (C=O) groups excluding carboxylic acids is 1. The van der Waals surface area contributed by atoms with Gasteiger partial charge in [0.25, 0.3) is 0 Å². The van der Waals surface area contributed by atoms with Crippen molar-refractivity contribution in [3.05, 3.63) is 28.3 Å². The molecule has 1 saturated carbocycles. The van der Waals surface area contributed by atoms with Gasteiger partial charge in [0.1, 0.15) is 0 Å². The number of aliphatic hydroxyl groups excluding tert-OH is 1. The van der Waals surface area contributed by atoms with Gasteiger partial charge in [0.2, 0.25) is 5.91 Å². The summed E-state index contributed by atoms with van der Waals surface area (Å²) < 4.78 is 0. The van der Waals surface area contributed by atoms with Gasteiger partial charge in [-0.25, -0.2) is 0 Å². The van der Waals surface area contributed by atoms with Crippen LogP contribution in [0.2, 0.25) is 5.02 Å². The van der Waals surface area contributed by atoms with Crippen molar-refractivity contribution in [3.8, 4) is 0 Å². The quantitative estimate of drug-likeness (QED) is 0.814. The second-order valence-corrected chi connectivity index (χ2v) is 6.36. The highest BCUT2D eigenvalue weighted by molar-refractivity contribution is 6.32. The summed E-state index contributed by atoms with van der Waals surface area (Å²) in [5.74, 6) is 0.287. The van der Waals surface area contributed by atoms with Gasteiger partial charge in [-0.1, -0.05) is 37.3 Å². The molecule has 1 amide bonds. The average molecular weight is 294 g/mol. The molecule has 1 heterocycles. The van der Waals surface area contributed by atoms with Gasteiger partial charge in [0, 0.05) is 10.7 Å². The molecular formula is C16H20ClNO2. The van der Waals surface area contributed by atoms with Gasteiger partial charge in [-0.15, -0.1) is 0 Å². The first kappa shape index (κ1) is 13.9. The first-order valence-electron chi connectivity index (χ1n) is 7.45. The topological polar surface area (TPSA) is 49.3 Å². The number of anilines is 1. The van der Waals surface area contributed by atoms with Crippen LogP contribution in [0.3, 0.4) is 0 Å². The molecule has 1 atom stereocenters. The molecule has 1 aromatic rings. The first-order chi connectivity index (χ1) is 9.65. The van der Waals surface area contributed by atoms with Crippen molar-refractivity contribution in [2.75, 3.05) is 5.32 Å². The smallest absolute Gasteiger partial charge is 0.228 e. The third-order valence-corrected chi connectivity index (χ3v) is 4.84.